The normalized spacial score (nSPS) is 18.9. The molecule has 4 aromatic rings. The third-order valence-corrected chi connectivity index (χ3v) is 6.98. The highest BCUT2D eigenvalue weighted by atomic mass is 16.7. The van der Waals surface area contributed by atoms with Crippen LogP contribution in [0.2, 0.25) is 0 Å². The van der Waals surface area contributed by atoms with Crippen LogP contribution in [0.4, 0.5) is 5.69 Å². The highest BCUT2D eigenvalue weighted by molar-refractivity contribution is 5.94. The summed E-state index contributed by atoms with van der Waals surface area (Å²) in [7, 11) is 0. The first-order valence-corrected chi connectivity index (χ1v) is 14.2. The molecule has 0 amide bonds. The number of ether oxygens (including phenoxy) is 5. The van der Waals surface area contributed by atoms with Crippen molar-refractivity contribution < 1.29 is 47.4 Å². The van der Waals surface area contributed by atoms with Gasteiger partial charge in [0.1, 0.15) is 18.3 Å². The molecule has 1 fully saturated rings. The first kappa shape index (κ1) is 30.9. The number of benzene rings is 3. The van der Waals surface area contributed by atoms with Gasteiger partial charge in [-0.1, -0.05) is 54.6 Å². The zero-order chi connectivity index (χ0) is 31.8. The van der Waals surface area contributed by atoms with Crippen molar-refractivity contribution in [3.05, 3.63) is 132 Å². The second-order valence-corrected chi connectivity index (χ2v) is 9.98. The van der Waals surface area contributed by atoms with Crippen LogP contribution in [0.15, 0.2) is 109 Å². The van der Waals surface area contributed by atoms with E-state index in [-0.39, 0.29) is 35.6 Å². The van der Waals surface area contributed by atoms with Crippen molar-refractivity contribution in [1.29, 1.82) is 0 Å². The lowest BCUT2D eigenvalue weighted by atomic mass is 10.1. The summed E-state index contributed by atoms with van der Waals surface area (Å²) in [5, 5.41) is 0. The Bertz CT molecular complexity index is 1650. The van der Waals surface area contributed by atoms with Crippen LogP contribution in [-0.4, -0.2) is 55.4 Å². The van der Waals surface area contributed by atoms with Crippen LogP contribution in [0.3, 0.4) is 0 Å². The van der Waals surface area contributed by atoms with Crippen LogP contribution < -0.4 is 10.3 Å². The van der Waals surface area contributed by atoms with Gasteiger partial charge < -0.3 is 29.4 Å². The minimum Gasteiger partial charge on any atom is -0.462 e. The Balaban J connectivity index is 1.52. The average molecular weight is 612 g/mol. The molecule has 11 nitrogen and oxygen atoms in total. The van der Waals surface area contributed by atoms with Gasteiger partial charge in [-0.2, -0.15) is 4.57 Å². The van der Waals surface area contributed by atoms with Crippen LogP contribution in [0.1, 0.15) is 54.6 Å². The fraction of sp³-hybridized carbons (Fsp3) is 0.206. The number of anilines is 1. The lowest BCUT2D eigenvalue weighted by Crippen LogP contribution is -2.49. The molecule has 0 aliphatic carbocycles. The zero-order valence-corrected chi connectivity index (χ0v) is 24.3. The summed E-state index contributed by atoms with van der Waals surface area (Å²) in [4.78, 5) is 52.1. The standard InChI is InChI=1S/C34H30N2O9/c1-2-41-34(40)25-20-36(19-18-26(25)35)30-29(45-33(39)24-16-10-5-11-17-24)28(44-32(38)23-14-8-4-9-15-23)27(43-30)21-42-31(37)22-12-6-3-7-13-22/h3-20,27-30,35H,2,21H2,1H3/p+1/t27-,28+,29-,30+/m0/s1. The third kappa shape index (κ3) is 7.34. The lowest BCUT2D eigenvalue weighted by Gasteiger charge is -2.23. The maximum atomic E-state index is 13.3. The number of pyridine rings is 1. The number of rotatable bonds is 10. The van der Waals surface area contributed by atoms with E-state index in [1.54, 1.807) is 97.9 Å². The lowest BCUT2D eigenvalue weighted by molar-refractivity contribution is -0.765. The summed E-state index contributed by atoms with van der Waals surface area (Å²) in [6.45, 7) is 1.44. The van der Waals surface area contributed by atoms with Gasteiger partial charge in [0.2, 0.25) is 6.10 Å². The molecule has 1 saturated heterocycles. The summed E-state index contributed by atoms with van der Waals surface area (Å²) in [6, 6.07) is 26.3. The molecule has 2 N–H and O–H groups in total. The third-order valence-electron chi connectivity index (χ3n) is 6.98. The molecule has 0 spiro atoms. The smallest absolute Gasteiger partial charge is 0.346 e. The largest absolute Gasteiger partial charge is 0.462 e. The van der Waals surface area contributed by atoms with E-state index in [0.717, 1.165) is 0 Å². The summed E-state index contributed by atoms with van der Waals surface area (Å²) >= 11 is 0. The number of hydrogen-bond acceptors (Lipinski definition) is 10. The molecule has 5 rings (SSSR count). The van der Waals surface area contributed by atoms with E-state index in [4.69, 9.17) is 29.4 Å². The molecule has 0 bridgehead atoms. The Kier molecular flexibility index (Phi) is 9.80. The van der Waals surface area contributed by atoms with Crippen LogP contribution in [0.25, 0.3) is 0 Å². The topological polar surface area (TPSA) is 144 Å². The fourth-order valence-corrected chi connectivity index (χ4v) is 4.76. The van der Waals surface area contributed by atoms with Gasteiger partial charge in [0.05, 0.1) is 29.0 Å². The quantitative estimate of drug-likeness (QED) is 0.159. The number of aromatic nitrogens is 1. The summed E-state index contributed by atoms with van der Waals surface area (Å²) in [5.74, 6) is -2.71. The van der Waals surface area contributed by atoms with Crippen molar-refractivity contribution in [3.63, 3.8) is 0 Å². The number of nitrogen functional groups attached to an aromatic ring is 1. The van der Waals surface area contributed by atoms with E-state index >= 15 is 0 Å². The van der Waals surface area contributed by atoms with E-state index in [1.165, 1.54) is 23.0 Å². The minimum absolute atomic E-state index is 0.0490. The molecule has 2 heterocycles. The summed E-state index contributed by atoms with van der Waals surface area (Å²) < 4.78 is 30.4. The van der Waals surface area contributed by atoms with E-state index in [9.17, 15) is 19.2 Å². The van der Waals surface area contributed by atoms with Crippen LogP contribution in [-0.2, 0) is 23.7 Å². The van der Waals surface area contributed by atoms with Gasteiger partial charge in [-0.15, -0.1) is 0 Å². The number of esters is 4. The number of carbonyl (C=O) groups is 4. The Hall–Kier alpha value is -5.55. The van der Waals surface area contributed by atoms with Gasteiger partial charge >= 0.3 is 30.1 Å². The molecule has 0 saturated carbocycles. The van der Waals surface area contributed by atoms with Crippen molar-refractivity contribution in [2.75, 3.05) is 18.9 Å². The van der Waals surface area contributed by atoms with Gasteiger partial charge in [-0.3, -0.25) is 0 Å². The summed E-state index contributed by atoms with van der Waals surface area (Å²) in [5.41, 5.74) is 7.07. The second kappa shape index (κ2) is 14.3. The highest BCUT2D eigenvalue weighted by Gasteiger charge is 2.55. The molecule has 230 valence electrons. The van der Waals surface area contributed by atoms with Gasteiger partial charge in [-0.05, 0) is 43.3 Å². The second-order valence-electron chi connectivity index (χ2n) is 9.98. The first-order chi connectivity index (χ1) is 21.9. The first-order valence-electron chi connectivity index (χ1n) is 14.2. The fourth-order valence-electron chi connectivity index (χ4n) is 4.76. The number of carbonyl (C=O) groups excluding carboxylic acids is 4. The van der Waals surface area contributed by atoms with E-state index in [0.29, 0.717) is 5.56 Å². The average Bonchev–Trinajstić information content (AvgIpc) is 3.41. The van der Waals surface area contributed by atoms with Crippen molar-refractivity contribution in [1.82, 2.24) is 0 Å². The minimum atomic E-state index is -1.26. The Morgan fingerprint density at radius 1 is 0.689 bits per heavy atom. The van der Waals surface area contributed by atoms with Crippen molar-refractivity contribution in [2.24, 2.45) is 0 Å². The number of hydrogen-bond donors (Lipinski definition) is 1. The molecule has 4 atom stereocenters. The molecule has 0 radical (unpaired) electrons. The predicted octanol–water partition coefficient (Wildman–Crippen LogP) is 3.94. The molecular formula is C34H31N2O9+. The van der Waals surface area contributed by atoms with Gasteiger partial charge in [-0.25, -0.2) is 19.2 Å². The van der Waals surface area contributed by atoms with Crippen molar-refractivity contribution >= 4 is 29.6 Å². The van der Waals surface area contributed by atoms with E-state index in [1.807, 2.05) is 0 Å². The van der Waals surface area contributed by atoms with Gasteiger partial charge in [0.25, 0.3) is 0 Å². The number of nitrogens with two attached hydrogens (primary N) is 1. The molecule has 11 heteroatoms. The Morgan fingerprint density at radius 3 is 1.73 bits per heavy atom. The Labute approximate surface area is 259 Å². The number of nitrogens with zero attached hydrogens (tertiary/aromatic N) is 1. The molecule has 1 aliphatic heterocycles. The monoisotopic (exact) mass is 611 g/mol. The van der Waals surface area contributed by atoms with E-state index in [2.05, 4.69) is 0 Å². The highest BCUT2D eigenvalue weighted by Crippen LogP contribution is 2.33. The molecule has 45 heavy (non-hydrogen) atoms. The van der Waals surface area contributed by atoms with Crippen LogP contribution in [0, 0.1) is 0 Å². The van der Waals surface area contributed by atoms with E-state index < -0.39 is 48.4 Å². The molecular weight excluding hydrogens is 580 g/mol. The van der Waals surface area contributed by atoms with Crippen LogP contribution in [0.5, 0.6) is 0 Å². The molecule has 1 aromatic heterocycles. The van der Waals surface area contributed by atoms with Crippen molar-refractivity contribution in [2.45, 2.75) is 31.5 Å². The molecule has 0 unspecified atom stereocenters. The zero-order valence-electron chi connectivity index (χ0n) is 24.3. The SMILES string of the molecule is CCOC(=O)c1c[n+]([C@@H]2O[C@@H](COC(=O)c3ccccc3)[C@@H](OC(=O)c3ccccc3)[C@@H]2OC(=O)c2ccccc2)ccc1N. The maximum absolute atomic E-state index is 13.3. The van der Waals surface area contributed by atoms with Gasteiger partial charge in [0.15, 0.2) is 18.5 Å². The van der Waals surface area contributed by atoms with Gasteiger partial charge in [0, 0.05) is 6.07 Å². The van der Waals surface area contributed by atoms with Crippen molar-refractivity contribution in [3.8, 4) is 0 Å². The van der Waals surface area contributed by atoms with Crippen LogP contribution >= 0.6 is 0 Å². The Morgan fingerprint density at radius 2 is 1.20 bits per heavy atom. The predicted molar refractivity (Wildman–Crippen MR) is 159 cm³/mol. The maximum Gasteiger partial charge on any atom is 0.346 e. The molecule has 3 aromatic carbocycles. The molecule has 1 aliphatic rings. The summed E-state index contributed by atoms with van der Waals surface area (Å²) in [6.07, 6.45) is -1.79.